The molecule has 0 saturated carbocycles. The highest BCUT2D eigenvalue weighted by Gasteiger charge is 2.09. The van der Waals surface area contributed by atoms with Crippen LogP contribution >= 0.6 is 15.9 Å². The Labute approximate surface area is 132 Å². The average molecular weight is 377 g/mol. The molecule has 0 fully saturated rings. The molecule has 0 atom stereocenters. The van der Waals surface area contributed by atoms with Crippen molar-refractivity contribution in [3.05, 3.63) is 33.8 Å². The lowest BCUT2D eigenvalue weighted by Crippen LogP contribution is -2.09. The highest BCUT2D eigenvalue weighted by Crippen LogP contribution is 2.29. The number of aliphatic carboxylic acids is 1. The molecule has 0 spiro atoms. The smallest absolute Gasteiger partial charge is 0.328 e. The maximum Gasteiger partial charge on any atom is 0.328 e. The van der Waals surface area contributed by atoms with Gasteiger partial charge in [0.2, 0.25) is 0 Å². The molecule has 0 bridgehead atoms. The Kier molecular flexibility index (Phi) is 6.42. The summed E-state index contributed by atoms with van der Waals surface area (Å²) in [6.07, 6.45) is 4.05. The molecule has 0 amide bonds. The highest BCUT2D eigenvalue weighted by atomic mass is 79.9. The second-order valence-corrected chi connectivity index (χ2v) is 7.82. The van der Waals surface area contributed by atoms with Crippen LogP contribution in [-0.4, -0.2) is 38.1 Å². The number of halogens is 1. The number of aryl methyl sites for hydroxylation is 1. The lowest BCUT2D eigenvalue weighted by Gasteiger charge is -2.13. The fourth-order valence-corrected chi connectivity index (χ4v) is 2.97. The van der Waals surface area contributed by atoms with E-state index in [4.69, 9.17) is 9.84 Å². The maximum absolute atomic E-state index is 11.1. The Morgan fingerprint density at radius 3 is 2.67 bits per heavy atom. The first-order valence-corrected chi connectivity index (χ1v) is 9.06. The molecule has 1 aromatic carbocycles. The first-order valence-electron chi connectivity index (χ1n) is 6.21. The molecule has 21 heavy (non-hydrogen) atoms. The molecule has 0 aliphatic rings. The molecule has 0 radical (unpaired) electrons. The quantitative estimate of drug-likeness (QED) is 0.584. The number of hydrogen-bond donors (Lipinski definition) is 1. The summed E-state index contributed by atoms with van der Waals surface area (Å²) in [7, 11) is -3.01. The van der Waals surface area contributed by atoms with Crippen LogP contribution in [0, 0.1) is 6.92 Å². The standard InChI is InChI=1S/C14H17BrO5S/c1-10-8-12(15)9-11(4-5-13(16)17)14(10)20-6-3-7-21(2,18)19/h4-5,8-9H,3,6-7H2,1-2H3,(H,16,17)/b5-4+. The summed E-state index contributed by atoms with van der Waals surface area (Å²) >= 11 is 3.35. The van der Waals surface area contributed by atoms with Crippen LogP contribution in [0.25, 0.3) is 6.08 Å². The number of carbonyl (C=O) groups is 1. The average Bonchev–Trinajstić information content (AvgIpc) is 2.32. The summed E-state index contributed by atoms with van der Waals surface area (Å²) < 4.78 is 28.6. The maximum atomic E-state index is 11.1. The highest BCUT2D eigenvalue weighted by molar-refractivity contribution is 9.10. The van der Waals surface area contributed by atoms with Gasteiger partial charge in [-0.2, -0.15) is 0 Å². The van der Waals surface area contributed by atoms with Gasteiger partial charge in [-0.05, 0) is 37.1 Å². The first kappa shape index (κ1) is 17.7. The fourth-order valence-electron chi connectivity index (χ4n) is 1.73. The summed E-state index contributed by atoms with van der Waals surface area (Å²) in [6, 6.07) is 3.60. The van der Waals surface area contributed by atoms with Gasteiger partial charge in [-0.1, -0.05) is 15.9 Å². The number of rotatable bonds is 7. The van der Waals surface area contributed by atoms with Crippen molar-refractivity contribution < 1.29 is 23.1 Å². The predicted octanol–water partition coefficient (Wildman–Crippen LogP) is 2.67. The zero-order valence-electron chi connectivity index (χ0n) is 11.8. The van der Waals surface area contributed by atoms with Crippen LogP contribution < -0.4 is 4.74 Å². The van der Waals surface area contributed by atoms with Crippen molar-refractivity contribution in [2.45, 2.75) is 13.3 Å². The Morgan fingerprint density at radius 1 is 1.43 bits per heavy atom. The van der Waals surface area contributed by atoms with E-state index in [0.29, 0.717) is 17.7 Å². The predicted molar refractivity (Wildman–Crippen MR) is 85.4 cm³/mol. The number of carboxylic acid groups (broad SMARTS) is 1. The van der Waals surface area contributed by atoms with Crippen molar-refractivity contribution in [2.24, 2.45) is 0 Å². The second kappa shape index (κ2) is 7.61. The molecular formula is C14H17BrO5S. The van der Waals surface area contributed by atoms with Gasteiger partial charge in [0.1, 0.15) is 15.6 Å². The van der Waals surface area contributed by atoms with Crippen LogP contribution in [0.15, 0.2) is 22.7 Å². The fraction of sp³-hybridized carbons (Fsp3) is 0.357. The third-order valence-corrected chi connectivity index (χ3v) is 4.07. The van der Waals surface area contributed by atoms with Crippen molar-refractivity contribution in [1.29, 1.82) is 0 Å². The normalized spacial score (nSPS) is 11.8. The van der Waals surface area contributed by atoms with E-state index in [-0.39, 0.29) is 12.4 Å². The SMILES string of the molecule is Cc1cc(Br)cc(/C=C/C(=O)O)c1OCCCS(C)(=O)=O. The van der Waals surface area contributed by atoms with Crippen LogP contribution in [0.4, 0.5) is 0 Å². The van der Waals surface area contributed by atoms with E-state index < -0.39 is 15.8 Å². The van der Waals surface area contributed by atoms with E-state index in [1.54, 1.807) is 6.07 Å². The molecule has 0 saturated heterocycles. The zero-order valence-corrected chi connectivity index (χ0v) is 14.2. The van der Waals surface area contributed by atoms with E-state index in [1.807, 2.05) is 13.0 Å². The number of sulfone groups is 1. The minimum Gasteiger partial charge on any atom is -0.493 e. The summed E-state index contributed by atoms with van der Waals surface area (Å²) in [5.74, 6) is -0.428. The molecule has 7 heteroatoms. The largest absolute Gasteiger partial charge is 0.493 e. The van der Waals surface area contributed by atoms with Crippen LogP contribution in [-0.2, 0) is 14.6 Å². The molecule has 0 aliphatic carbocycles. The van der Waals surface area contributed by atoms with E-state index in [9.17, 15) is 13.2 Å². The molecule has 0 aromatic heterocycles. The van der Waals surface area contributed by atoms with Crippen LogP contribution in [0.5, 0.6) is 5.75 Å². The topological polar surface area (TPSA) is 80.7 Å². The van der Waals surface area contributed by atoms with E-state index >= 15 is 0 Å². The van der Waals surface area contributed by atoms with Crippen molar-refractivity contribution in [3.8, 4) is 5.75 Å². The van der Waals surface area contributed by atoms with Gasteiger partial charge < -0.3 is 9.84 Å². The van der Waals surface area contributed by atoms with Gasteiger partial charge in [-0.15, -0.1) is 0 Å². The molecule has 5 nitrogen and oxygen atoms in total. The first-order chi connectivity index (χ1) is 9.69. The zero-order chi connectivity index (χ0) is 16.0. The molecule has 1 rings (SSSR count). The van der Waals surface area contributed by atoms with Crippen molar-refractivity contribution in [2.75, 3.05) is 18.6 Å². The van der Waals surface area contributed by atoms with Gasteiger partial charge in [0.25, 0.3) is 0 Å². The molecular weight excluding hydrogens is 360 g/mol. The van der Waals surface area contributed by atoms with Gasteiger partial charge in [0.15, 0.2) is 0 Å². The molecule has 1 aromatic rings. The lowest BCUT2D eigenvalue weighted by atomic mass is 10.1. The summed E-state index contributed by atoms with van der Waals surface area (Å²) in [5.41, 5.74) is 1.47. The number of carboxylic acids is 1. The third-order valence-electron chi connectivity index (χ3n) is 2.58. The Bertz CT molecular complexity index is 650. The van der Waals surface area contributed by atoms with E-state index in [1.165, 1.54) is 12.3 Å². The van der Waals surface area contributed by atoms with Gasteiger partial charge in [0.05, 0.1) is 12.4 Å². The Hall–Kier alpha value is -1.34. The molecule has 1 N–H and O–H groups in total. The van der Waals surface area contributed by atoms with Crippen LogP contribution in [0.1, 0.15) is 17.5 Å². The summed E-state index contributed by atoms with van der Waals surface area (Å²) in [4.78, 5) is 10.6. The lowest BCUT2D eigenvalue weighted by molar-refractivity contribution is -0.131. The molecule has 0 aliphatic heterocycles. The second-order valence-electron chi connectivity index (χ2n) is 4.64. The molecule has 0 unspecified atom stereocenters. The minimum absolute atomic E-state index is 0.0584. The van der Waals surface area contributed by atoms with Crippen LogP contribution in [0.2, 0.25) is 0 Å². The Morgan fingerprint density at radius 2 is 2.10 bits per heavy atom. The molecule has 0 heterocycles. The van der Waals surface area contributed by atoms with Crippen molar-refractivity contribution in [1.82, 2.24) is 0 Å². The monoisotopic (exact) mass is 376 g/mol. The number of ether oxygens (including phenoxy) is 1. The van der Waals surface area contributed by atoms with Gasteiger partial charge in [-0.25, -0.2) is 13.2 Å². The summed E-state index contributed by atoms with van der Waals surface area (Å²) in [6.45, 7) is 2.10. The van der Waals surface area contributed by atoms with Crippen molar-refractivity contribution in [3.63, 3.8) is 0 Å². The van der Waals surface area contributed by atoms with E-state index in [0.717, 1.165) is 16.1 Å². The Balaban J connectivity index is 2.87. The van der Waals surface area contributed by atoms with Gasteiger partial charge in [-0.3, -0.25) is 0 Å². The summed E-state index contributed by atoms with van der Waals surface area (Å²) in [5, 5.41) is 8.70. The minimum atomic E-state index is -3.01. The van der Waals surface area contributed by atoms with Crippen LogP contribution in [0.3, 0.4) is 0 Å². The third kappa shape index (κ3) is 6.77. The van der Waals surface area contributed by atoms with Gasteiger partial charge >= 0.3 is 5.97 Å². The number of benzene rings is 1. The van der Waals surface area contributed by atoms with Gasteiger partial charge in [0, 0.05) is 22.4 Å². The number of hydrogen-bond acceptors (Lipinski definition) is 4. The molecule has 116 valence electrons. The van der Waals surface area contributed by atoms with Crippen molar-refractivity contribution >= 4 is 37.8 Å². The van der Waals surface area contributed by atoms with E-state index in [2.05, 4.69) is 15.9 Å².